The molecule has 1 aromatic heterocycles. The number of fused-ring (bicyclic) bond motifs is 3. The van der Waals surface area contributed by atoms with Gasteiger partial charge < -0.3 is 19.9 Å². The first-order chi connectivity index (χ1) is 10.3. The van der Waals surface area contributed by atoms with Gasteiger partial charge in [-0.25, -0.2) is 0 Å². The van der Waals surface area contributed by atoms with E-state index in [2.05, 4.69) is 10.3 Å². The third-order valence-electron chi connectivity index (χ3n) is 3.44. The van der Waals surface area contributed by atoms with Crippen LogP contribution in [-0.4, -0.2) is 42.5 Å². The molecule has 0 saturated heterocycles. The van der Waals surface area contributed by atoms with Crippen LogP contribution in [0.1, 0.15) is 12.1 Å². The maximum atomic E-state index is 8.75. The summed E-state index contributed by atoms with van der Waals surface area (Å²) < 4.78 is 11.8. The minimum Gasteiger partial charge on any atom is -0.659 e. The van der Waals surface area contributed by atoms with E-state index in [-0.39, 0.29) is 45.4 Å². The summed E-state index contributed by atoms with van der Waals surface area (Å²) in [4.78, 5) is 4.51. The molecule has 1 aromatic carbocycles. The van der Waals surface area contributed by atoms with Crippen LogP contribution >= 0.6 is 0 Å². The Kier molecular flexibility index (Phi) is 6.56. The molecule has 2 heterocycles. The van der Waals surface area contributed by atoms with Crippen molar-refractivity contribution in [2.45, 2.75) is 19.4 Å². The third kappa shape index (κ3) is 3.96. The quantitative estimate of drug-likeness (QED) is 0.815. The van der Waals surface area contributed by atoms with E-state index >= 15 is 0 Å². The summed E-state index contributed by atoms with van der Waals surface area (Å²) in [6.07, 6.45) is 0.610. The van der Waals surface area contributed by atoms with Gasteiger partial charge in [-0.15, -0.1) is 13.1 Å². The van der Waals surface area contributed by atoms with Gasteiger partial charge >= 0.3 is 0 Å². The summed E-state index contributed by atoms with van der Waals surface area (Å²) in [5, 5.41) is 14.1. The molecule has 1 aliphatic heterocycles. The van der Waals surface area contributed by atoms with Gasteiger partial charge in [-0.2, -0.15) is 0 Å². The van der Waals surface area contributed by atoms with Crippen LogP contribution in [0.2, 0.25) is 0 Å². The van der Waals surface area contributed by atoms with Crippen molar-refractivity contribution < 1.29 is 47.3 Å². The number of aromatic nitrogens is 1. The summed E-state index contributed by atoms with van der Waals surface area (Å²) in [6, 6.07) is 7.85. The van der Waals surface area contributed by atoms with Crippen molar-refractivity contribution in [3.05, 3.63) is 35.3 Å². The summed E-state index contributed by atoms with van der Waals surface area (Å²) in [5.74, 6) is 1.52. The molecule has 1 aliphatic rings. The van der Waals surface area contributed by atoms with Gasteiger partial charge in [0.05, 0.1) is 5.52 Å². The minimum atomic E-state index is -0.0805. The molecule has 1 radical (unpaired) electrons. The van der Waals surface area contributed by atoms with Crippen molar-refractivity contribution in [1.29, 1.82) is 0 Å². The molecule has 0 fully saturated rings. The molecule has 5 nitrogen and oxygen atoms in total. The Morgan fingerprint density at radius 2 is 2.18 bits per heavy atom. The zero-order chi connectivity index (χ0) is 14.7. The number of rotatable bonds is 5. The van der Waals surface area contributed by atoms with Crippen molar-refractivity contribution in [2.75, 3.05) is 26.3 Å². The second kappa shape index (κ2) is 8.20. The topological polar surface area (TPSA) is 65.7 Å². The maximum absolute atomic E-state index is 8.75. The molecule has 1 atom stereocenters. The van der Waals surface area contributed by atoms with E-state index < -0.39 is 0 Å². The monoisotopic (exact) mass is 376 g/mol. The maximum Gasteiger partial charge on any atom is 0.171 e. The van der Waals surface area contributed by atoms with Gasteiger partial charge in [0, 0.05) is 50.4 Å². The van der Waals surface area contributed by atoms with Gasteiger partial charge in [0.25, 0.3) is 0 Å². The smallest absolute Gasteiger partial charge is 0.171 e. The van der Waals surface area contributed by atoms with E-state index in [9.17, 15) is 0 Å². The van der Waals surface area contributed by atoms with Crippen molar-refractivity contribution in [1.82, 2.24) is 4.98 Å². The fraction of sp³-hybridized carbons (Fsp3) is 0.438. The molecule has 6 heteroatoms. The zero-order valence-electron chi connectivity index (χ0n) is 12.7. The van der Waals surface area contributed by atoms with Crippen LogP contribution in [0, 0.1) is 6.92 Å². The fourth-order valence-electron chi connectivity index (χ4n) is 2.39. The predicted octanol–water partition coefficient (Wildman–Crippen LogP) is 2.44. The van der Waals surface area contributed by atoms with Gasteiger partial charge in [-0.1, -0.05) is 0 Å². The van der Waals surface area contributed by atoms with Crippen LogP contribution in [0.15, 0.2) is 24.3 Å². The van der Waals surface area contributed by atoms with E-state index in [1.54, 1.807) is 0 Å². The number of aliphatic hydroxyl groups excluding tert-OH is 1. The molecule has 0 bridgehead atoms. The second-order valence-corrected chi connectivity index (χ2v) is 5.17. The van der Waals surface area contributed by atoms with E-state index in [4.69, 9.17) is 14.6 Å². The van der Waals surface area contributed by atoms with E-state index in [1.807, 2.05) is 31.2 Å². The Balaban J connectivity index is 0.00000176. The minimum absolute atomic E-state index is 0. The second-order valence-electron chi connectivity index (χ2n) is 5.17. The van der Waals surface area contributed by atoms with Crippen LogP contribution < -0.4 is 9.47 Å². The first-order valence-electron chi connectivity index (χ1n) is 7.22. The summed E-state index contributed by atoms with van der Waals surface area (Å²) in [7, 11) is 0. The number of pyridine rings is 1. The predicted molar refractivity (Wildman–Crippen MR) is 81.2 cm³/mol. The molecular weight excluding hydrogens is 357 g/mol. The third-order valence-corrected chi connectivity index (χ3v) is 3.44. The van der Waals surface area contributed by atoms with Crippen LogP contribution in [0.4, 0.5) is 0 Å². The number of aryl methyl sites for hydroxylation is 1. The summed E-state index contributed by atoms with van der Waals surface area (Å²) in [5.41, 5.74) is 1.89. The van der Waals surface area contributed by atoms with Gasteiger partial charge in [0.1, 0.15) is 12.7 Å². The Morgan fingerprint density at radius 3 is 3.00 bits per heavy atom. The number of nitrogens with zero attached hydrogens (tertiary/aromatic N) is 2. The van der Waals surface area contributed by atoms with Crippen LogP contribution in [0.3, 0.4) is 0 Å². The van der Waals surface area contributed by atoms with Crippen LogP contribution in [0.5, 0.6) is 11.5 Å². The van der Waals surface area contributed by atoms with Gasteiger partial charge in [0.2, 0.25) is 0 Å². The average Bonchev–Trinajstić information content (AvgIpc) is 2.51. The molecule has 0 spiro atoms. The molecule has 0 unspecified atom stereocenters. The van der Waals surface area contributed by atoms with Crippen LogP contribution in [-0.2, 0) is 32.7 Å². The number of benzene rings is 1. The fourth-order valence-corrected chi connectivity index (χ4v) is 2.39. The number of hydrogen-bond acceptors (Lipinski definition) is 4. The average molecular weight is 376 g/mol. The SMILES string of the molecule is Cc1ccc2c3c(ccc2n1)OC[C@H](C[N-]CCCO)O3.[Y]. The van der Waals surface area contributed by atoms with Crippen molar-refractivity contribution >= 4 is 10.9 Å². The normalized spacial score (nSPS) is 16.4. The molecule has 0 saturated carbocycles. The molecule has 22 heavy (non-hydrogen) atoms. The Labute approximate surface area is 155 Å². The summed E-state index contributed by atoms with van der Waals surface area (Å²) in [6.45, 7) is 3.87. The molecule has 0 amide bonds. The Morgan fingerprint density at radius 1 is 1.32 bits per heavy atom. The van der Waals surface area contributed by atoms with E-state index in [0.29, 0.717) is 26.1 Å². The molecule has 0 aliphatic carbocycles. The molecule has 2 aromatic rings. The van der Waals surface area contributed by atoms with Crippen molar-refractivity contribution in [3.63, 3.8) is 0 Å². The Bertz CT molecular complexity index is 636. The number of aliphatic hydroxyl groups is 1. The van der Waals surface area contributed by atoms with Gasteiger partial charge in [-0.05, 0) is 37.6 Å². The Hall–Kier alpha value is -0.746. The van der Waals surface area contributed by atoms with E-state index in [0.717, 1.165) is 28.1 Å². The first kappa shape index (κ1) is 17.6. The van der Waals surface area contributed by atoms with Crippen molar-refractivity contribution in [3.8, 4) is 11.5 Å². The van der Waals surface area contributed by atoms with Gasteiger partial charge in [-0.3, -0.25) is 4.98 Å². The molecule has 115 valence electrons. The summed E-state index contributed by atoms with van der Waals surface area (Å²) >= 11 is 0. The number of hydrogen-bond donors (Lipinski definition) is 1. The van der Waals surface area contributed by atoms with Crippen LogP contribution in [0.25, 0.3) is 16.2 Å². The molecule has 1 N–H and O–H groups in total. The van der Waals surface area contributed by atoms with E-state index in [1.165, 1.54) is 0 Å². The largest absolute Gasteiger partial charge is 0.659 e. The number of ether oxygens (including phenoxy) is 2. The van der Waals surface area contributed by atoms with Crippen molar-refractivity contribution in [2.24, 2.45) is 0 Å². The standard InChI is InChI=1S/C16H19N2O3.Y/c1-11-3-4-13-14(18-11)5-6-15-16(13)21-12(10-20-15)9-17-7-2-8-19;/h3-6,12,19H,2,7-10H2,1H3;/q-1;/t12-;/m0./s1. The zero-order valence-corrected chi connectivity index (χ0v) is 15.5. The molecular formula is C16H19N2O3Y-. The molecule has 3 rings (SSSR count). The van der Waals surface area contributed by atoms with Gasteiger partial charge in [0.15, 0.2) is 11.5 Å². The first-order valence-corrected chi connectivity index (χ1v) is 7.22.